The summed E-state index contributed by atoms with van der Waals surface area (Å²) in [7, 11) is 0. The van der Waals surface area contributed by atoms with E-state index in [4.69, 9.17) is 4.74 Å². The predicted molar refractivity (Wildman–Crippen MR) is 66.0 cm³/mol. The SMILES string of the molecule is CC(C)=CC(=O)C1CSc2ccccc2O1. The Balaban J connectivity index is 2.14. The standard InChI is InChI=1S/C13H14O2S/c1-9(2)7-10(14)12-8-16-13-6-4-3-5-11(13)15-12/h3-7,12H,8H2,1-2H3. The minimum Gasteiger partial charge on any atom is -0.480 e. The molecule has 1 heterocycles. The summed E-state index contributed by atoms with van der Waals surface area (Å²) < 4.78 is 5.68. The molecule has 0 saturated heterocycles. The molecule has 0 radical (unpaired) electrons. The lowest BCUT2D eigenvalue weighted by Gasteiger charge is -2.23. The van der Waals surface area contributed by atoms with Crippen LogP contribution < -0.4 is 4.74 Å². The maximum atomic E-state index is 11.8. The molecule has 0 bridgehead atoms. The van der Waals surface area contributed by atoms with Gasteiger partial charge in [0.05, 0.1) is 0 Å². The molecule has 2 rings (SSSR count). The fourth-order valence-electron chi connectivity index (χ4n) is 1.54. The summed E-state index contributed by atoms with van der Waals surface area (Å²) in [6.45, 7) is 3.84. The van der Waals surface area contributed by atoms with Gasteiger partial charge < -0.3 is 4.74 Å². The first kappa shape index (κ1) is 11.3. The molecule has 0 aromatic heterocycles. The van der Waals surface area contributed by atoms with Crippen LogP contribution in [0.4, 0.5) is 0 Å². The lowest BCUT2D eigenvalue weighted by atomic mass is 10.2. The molecule has 0 amide bonds. The van der Waals surface area contributed by atoms with Gasteiger partial charge in [0.1, 0.15) is 5.75 Å². The van der Waals surface area contributed by atoms with Crippen molar-refractivity contribution in [1.29, 1.82) is 0 Å². The molecule has 0 saturated carbocycles. The highest BCUT2D eigenvalue weighted by atomic mass is 32.2. The van der Waals surface area contributed by atoms with Gasteiger partial charge in [-0.1, -0.05) is 17.7 Å². The van der Waals surface area contributed by atoms with Crippen molar-refractivity contribution >= 4 is 17.5 Å². The van der Waals surface area contributed by atoms with Gasteiger partial charge in [-0.05, 0) is 32.1 Å². The first-order valence-corrected chi connectivity index (χ1v) is 6.22. The van der Waals surface area contributed by atoms with E-state index in [9.17, 15) is 4.79 Å². The van der Waals surface area contributed by atoms with Crippen molar-refractivity contribution in [1.82, 2.24) is 0 Å². The lowest BCUT2D eigenvalue weighted by Crippen LogP contribution is -2.31. The predicted octanol–water partition coefficient (Wildman–Crippen LogP) is 3.08. The van der Waals surface area contributed by atoms with Crippen LogP contribution in [0.3, 0.4) is 0 Å². The Morgan fingerprint density at radius 3 is 2.94 bits per heavy atom. The van der Waals surface area contributed by atoms with Crippen LogP contribution in [0.15, 0.2) is 40.8 Å². The largest absolute Gasteiger partial charge is 0.480 e. The second kappa shape index (κ2) is 4.74. The Kier molecular flexibility index (Phi) is 3.34. The van der Waals surface area contributed by atoms with E-state index in [1.165, 1.54) is 0 Å². The number of benzene rings is 1. The molecule has 0 aliphatic carbocycles. The Hall–Kier alpha value is -1.22. The van der Waals surface area contributed by atoms with Crippen LogP contribution in [-0.4, -0.2) is 17.6 Å². The molecule has 1 aromatic rings. The van der Waals surface area contributed by atoms with Gasteiger partial charge in [-0.3, -0.25) is 4.79 Å². The van der Waals surface area contributed by atoms with Crippen molar-refractivity contribution in [3.05, 3.63) is 35.9 Å². The van der Waals surface area contributed by atoms with Gasteiger partial charge in [-0.15, -0.1) is 11.8 Å². The van der Waals surface area contributed by atoms with Gasteiger partial charge >= 0.3 is 0 Å². The van der Waals surface area contributed by atoms with Gasteiger partial charge in [0.15, 0.2) is 11.9 Å². The molecular weight excluding hydrogens is 220 g/mol. The molecule has 16 heavy (non-hydrogen) atoms. The molecule has 1 aliphatic heterocycles. The van der Waals surface area contributed by atoms with Crippen molar-refractivity contribution in [3.8, 4) is 5.75 Å². The van der Waals surface area contributed by atoms with E-state index in [1.54, 1.807) is 17.8 Å². The minimum absolute atomic E-state index is 0.0574. The van der Waals surface area contributed by atoms with Gasteiger partial charge in [-0.25, -0.2) is 0 Å². The second-order valence-corrected chi connectivity index (χ2v) is 5.05. The van der Waals surface area contributed by atoms with Crippen molar-refractivity contribution in [2.45, 2.75) is 24.8 Å². The van der Waals surface area contributed by atoms with Crippen LogP contribution in [0.1, 0.15) is 13.8 Å². The number of carbonyl (C=O) groups is 1. The van der Waals surface area contributed by atoms with E-state index in [0.29, 0.717) is 5.75 Å². The summed E-state index contributed by atoms with van der Waals surface area (Å²) in [4.78, 5) is 12.9. The lowest BCUT2D eigenvalue weighted by molar-refractivity contribution is -0.120. The summed E-state index contributed by atoms with van der Waals surface area (Å²) in [5.41, 5.74) is 1.01. The number of allylic oxidation sites excluding steroid dienone is 1. The van der Waals surface area contributed by atoms with Gasteiger partial charge in [-0.2, -0.15) is 0 Å². The van der Waals surface area contributed by atoms with Gasteiger partial charge in [0, 0.05) is 10.6 Å². The van der Waals surface area contributed by atoms with Crippen molar-refractivity contribution in [2.24, 2.45) is 0 Å². The van der Waals surface area contributed by atoms with E-state index in [1.807, 2.05) is 38.1 Å². The number of rotatable bonds is 2. The van der Waals surface area contributed by atoms with E-state index in [-0.39, 0.29) is 11.9 Å². The molecule has 1 aromatic carbocycles. The van der Waals surface area contributed by atoms with Crippen LogP contribution in [-0.2, 0) is 4.79 Å². The number of thioether (sulfide) groups is 1. The average Bonchev–Trinajstić information content (AvgIpc) is 2.27. The number of ketones is 1. The third kappa shape index (κ3) is 2.47. The number of para-hydroxylation sites is 1. The molecule has 84 valence electrons. The van der Waals surface area contributed by atoms with Crippen LogP contribution in [0.2, 0.25) is 0 Å². The minimum atomic E-state index is -0.338. The highest BCUT2D eigenvalue weighted by Gasteiger charge is 2.24. The Bertz CT molecular complexity index is 433. The maximum absolute atomic E-state index is 11.8. The van der Waals surface area contributed by atoms with E-state index >= 15 is 0 Å². The molecule has 3 heteroatoms. The molecule has 0 fully saturated rings. The van der Waals surface area contributed by atoms with Crippen LogP contribution in [0, 0.1) is 0 Å². The third-order valence-corrected chi connectivity index (χ3v) is 3.37. The summed E-state index contributed by atoms with van der Waals surface area (Å²) in [5, 5.41) is 0. The van der Waals surface area contributed by atoms with Crippen LogP contribution in [0.25, 0.3) is 0 Å². The first-order chi connectivity index (χ1) is 7.66. The third-order valence-electron chi connectivity index (χ3n) is 2.26. The quantitative estimate of drug-likeness (QED) is 0.736. The fraction of sp³-hybridized carbons (Fsp3) is 0.308. The zero-order chi connectivity index (χ0) is 11.5. The number of carbonyl (C=O) groups excluding carboxylic acids is 1. The molecule has 2 nitrogen and oxygen atoms in total. The Morgan fingerprint density at radius 1 is 1.44 bits per heavy atom. The van der Waals surface area contributed by atoms with Gasteiger partial charge in [0.25, 0.3) is 0 Å². The summed E-state index contributed by atoms with van der Waals surface area (Å²) in [5.74, 6) is 1.57. The van der Waals surface area contributed by atoms with Gasteiger partial charge in [0.2, 0.25) is 0 Å². The van der Waals surface area contributed by atoms with E-state index in [0.717, 1.165) is 16.2 Å². The first-order valence-electron chi connectivity index (χ1n) is 5.24. The topological polar surface area (TPSA) is 26.3 Å². The Morgan fingerprint density at radius 2 is 2.19 bits per heavy atom. The molecular formula is C13H14O2S. The van der Waals surface area contributed by atoms with Crippen LogP contribution >= 0.6 is 11.8 Å². The number of hydrogen-bond donors (Lipinski definition) is 0. The van der Waals surface area contributed by atoms with E-state index < -0.39 is 0 Å². The zero-order valence-electron chi connectivity index (χ0n) is 9.40. The Labute approximate surface area is 99.7 Å². The average molecular weight is 234 g/mol. The van der Waals surface area contributed by atoms with Crippen molar-refractivity contribution in [3.63, 3.8) is 0 Å². The normalized spacial score (nSPS) is 18.2. The molecule has 1 unspecified atom stereocenters. The molecule has 1 aliphatic rings. The molecule has 0 N–H and O–H groups in total. The summed E-state index contributed by atoms with van der Waals surface area (Å²) >= 11 is 1.68. The van der Waals surface area contributed by atoms with E-state index in [2.05, 4.69) is 0 Å². The van der Waals surface area contributed by atoms with Crippen molar-refractivity contribution < 1.29 is 9.53 Å². The highest BCUT2D eigenvalue weighted by Crippen LogP contribution is 2.35. The monoisotopic (exact) mass is 234 g/mol. The number of ether oxygens (including phenoxy) is 1. The second-order valence-electron chi connectivity index (χ2n) is 3.99. The fourth-order valence-corrected chi connectivity index (χ4v) is 2.53. The molecule has 1 atom stereocenters. The number of fused-ring (bicyclic) bond motifs is 1. The smallest absolute Gasteiger partial charge is 0.196 e. The molecule has 0 spiro atoms. The van der Waals surface area contributed by atoms with Crippen molar-refractivity contribution in [2.75, 3.05) is 5.75 Å². The highest BCUT2D eigenvalue weighted by molar-refractivity contribution is 7.99. The van der Waals surface area contributed by atoms with Crippen LogP contribution in [0.5, 0.6) is 5.75 Å². The number of hydrogen-bond acceptors (Lipinski definition) is 3. The zero-order valence-corrected chi connectivity index (χ0v) is 10.2. The summed E-state index contributed by atoms with van der Waals surface area (Å²) in [6, 6.07) is 7.83. The summed E-state index contributed by atoms with van der Waals surface area (Å²) in [6.07, 6.45) is 1.31. The maximum Gasteiger partial charge on any atom is 0.196 e.